The van der Waals surface area contributed by atoms with Crippen molar-refractivity contribution < 1.29 is 13.2 Å². The normalized spacial score (nSPS) is 12.3. The van der Waals surface area contributed by atoms with Gasteiger partial charge in [-0.05, 0) is 13.0 Å². The number of aryl methyl sites for hydroxylation is 1. The van der Waals surface area contributed by atoms with E-state index >= 15 is 0 Å². The lowest BCUT2D eigenvalue weighted by molar-refractivity contribution is -0.137. The van der Waals surface area contributed by atoms with Crippen LogP contribution in [0.3, 0.4) is 0 Å². The molecule has 0 radical (unpaired) electrons. The van der Waals surface area contributed by atoms with Crippen LogP contribution in [0.15, 0.2) is 18.5 Å². The predicted octanol–water partition coefficient (Wildman–Crippen LogP) is 3.31. The molecule has 2 nitrogen and oxygen atoms in total. The molecule has 0 saturated heterocycles. The van der Waals surface area contributed by atoms with Crippen LogP contribution < -0.4 is 0 Å². The van der Waals surface area contributed by atoms with Crippen molar-refractivity contribution in [2.24, 2.45) is 0 Å². The molecule has 0 saturated carbocycles. The highest BCUT2D eigenvalue weighted by atomic mass is 35.5. The minimum atomic E-state index is -4.39. The molecule has 0 spiro atoms. The van der Waals surface area contributed by atoms with Crippen LogP contribution in [0.4, 0.5) is 13.2 Å². The van der Waals surface area contributed by atoms with E-state index in [1.807, 2.05) is 0 Å². The van der Waals surface area contributed by atoms with Crippen molar-refractivity contribution in [3.63, 3.8) is 0 Å². The highest BCUT2D eigenvalue weighted by molar-refractivity contribution is 6.33. The third kappa shape index (κ3) is 1.67. The van der Waals surface area contributed by atoms with E-state index in [9.17, 15) is 13.2 Å². The van der Waals surface area contributed by atoms with Crippen molar-refractivity contribution in [2.75, 3.05) is 0 Å². The molecular weight excluding hydrogens is 229 g/mol. The van der Waals surface area contributed by atoms with E-state index in [1.165, 1.54) is 10.6 Å². The number of hydrogen-bond donors (Lipinski definition) is 0. The summed E-state index contributed by atoms with van der Waals surface area (Å²) in [7, 11) is 0. The van der Waals surface area contributed by atoms with Gasteiger partial charge in [-0.15, -0.1) is 0 Å². The zero-order valence-corrected chi connectivity index (χ0v) is 8.39. The van der Waals surface area contributed by atoms with Gasteiger partial charge in [-0.25, -0.2) is 4.98 Å². The Morgan fingerprint density at radius 1 is 1.40 bits per heavy atom. The van der Waals surface area contributed by atoms with Crippen LogP contribution in [0.2, 0.25) is 5.02 Å². The number of pyridine rings is 1. The molecule has 2 aromatic heterocycles. The van der Waals surface area contributed by atoms with Crippen molar-refractivity contribution in [3.8, 4) is 0 Å². The summed E-state index contributed by atoms with van der Waals surface area (Å²) in [5.41, 5.74) is 0.168. The van der Waals surface area contributed by atoms with E-state index in [-0.39, 0.29) is 5.02 Å². The molecular formula is C9H6ClF3N2. The van der Waals surface area contributed by atoms with Gasteiger partial charge in [0.25, 0.3) is 0 Å². The van der Waals surface area contributed by atoms with Crippen LogP contribution in [0.5, 0.6) is 0 Å². The monoisotopic (exact) mass is 234 g/mol. The molecule has 0 aliphatic rings. The quantitative estimate of drug-likeness (QED) is 0.684. The van der Waals surface area contributed by atoms with Crippen LogP contribution in [-0.4, -0.2) is 9.38 Å². The first kappa shape index (κ1) is 10.3. The molecule has 2 heterocycles. The van der Waals surface area contributed by atoms with Crippen molar-refractivity contribution in [1.82, 2.24) is 9.38 Å². The highest BCUT2D eigenvalue weighted by Crippen LogP contribution is 2.32. The van der Waals surface area contributed by atoms with Crippen molar-refractivity contribution >= 4 is 17.2 Å². The summed E-state index contributed by atoms with van der Waals surface area (Å²) in [5.74, 6) is 0. The molecule has 80 valence electrons. The number of halogens is 4. The number of hydrogen-bond acceptors (Lipinski definition) is 1. The molecule has 0 atom stereocenters. The fraction of sp³-hybridized carbons (Fsp3) is 0.222. The Morgan fingerprint density at radius 3 is 2.67 bits per heavy atom. The van der Waals surface area contributed by atoms with E-state index in [1.54, 1.807) is 6.92 Å². The average Bonchev–Trinajstić information content (AvgIpc) is 2.47. The number of alkyl halides is 3. The predicted molar refractivity (Wildman–Crippen MR) is 49.9 cm³/mol. The fourth-order valence-electron chi connectivity index (χ4n) is 1.32. The molecule has 15 heavy (non-hydrogen) atoms. The van der Waals surface area contributed by atoms with Gasteiger partial charge in [0.1, 0.15) is 0 Å². The maximum absolute atomic E-state index is 12.4. The molecule has 0 aromatic carbocycles. The summed E-state index contributed by atoms with van der Waals surface area (Å²) in [6.07, 6.45) is -1.93. The molecule has 0 unspecified atom stereocenters. The maximum Gasteiger partial charge on any atom is 0.417 e. The van der Waals surface area contributed by atoms with Crippen molar-refractivity contribution in [2.45, 2.75) is 13.1 Å². The first-order chi connectivity index (χ1) is 6.89. The molecule has 2 aromatic rings. The number of nitrogens with zero attached hydrogens (tertiary/aromatic N) is 2. The number of aromatic nitrogens is 2. The van der Waals surface area contributed by atoms with E-state index < -0.39 is 11.7 Å². The molecule has 2 rings (SSSR count). The largest absolute Gasteiger partial charge is 0.417 e. The summed E-state index contributed by atoms with van der Waals surface area (Å²) in [6.45, 7) is 1.66. The summed E-state index contributed by atoms with van der Waals surface area (Å²) in [6, 6.07) is 0.878. The summed E-state index contributed by atoms with van der Waals surface area (Å²) >= 11 is 5.70. The lowest BCUT2D eigenvalue weighted by atomic mass is 10.3. The van der Waals surface area contributed by atoms with Gasteiger partial charge >= 0.3 is 6.18 Å². The number of imidazole rings is 1. The van der Waals surface area contributed by atoms with Gasteiger partial charge < -0.3 is 4.40 Å². The van der Waals surface area contributed by atoms with Crippen LogP contribution in [0.1, 0.15) is 11.3 Å². The SMILES string of the molecule is Cc1cnc2c(Cl)cc(C(F)(F)F)cn12. The van der Waals surface area contributed by atoms with Gasteiger partial charge in [0.15, 0.2) is 5.65 Å². The van der Waals surface area contributed by atoms with Gasteiger partial charge in [0, 0.05) is 18.1 Å². The van der Waals surface area contributed by atoms with Gasteiger partial charge in [0.05, 0.1) is 10.6 Å². The smallest absolute Gasteiger partial charge is 0.303 e. The van der Waals surface area contributed by atoms with Crippen LogP contribution >= 0.6 is 11.6 Å². The highest BCUT2D eigenvalue weighted by Gasteiger charge is 2.31. The molecule has 6 heteroatoms. The third-order valence-electron chi connectivity index (χ3n) is 2.07. The lowest BCUT2D eigenvalue weighted by Gasteiger charge is -2.08. The summed E-state index contributed by atoms with van der Waals surface area (Å²) in [5, 5.41) is -0.00192. The van der Waals surface area contributed by atoms with Crippen LogP contribution in [0.25, 0.3) is 5.65 Å². The van der Waals surface area contributed by atoms with E-state index in [0.29, 0.717) is 11.3 Å². The molecule has 0 aliphatic carbocycles. The van der Waals surface area contributed by atoms with Gasteiger partial charge in [-0.3, -0.25) is 0 Å². The zero-order chi connectivity index (χ0) is 11.2. The minimum absolute atomic E-state index is 0.00192. The Morgan fingerprint density at radius 2 is 2.07 bits per heavy atom. The van der Waals surface area contributed by atoms with E-state index in [2.05, 4.69) is 4.98 Å². The Balaban J connectivity index is 2.76. The average molecular weight is 235 g/mol. The Hall–Kier alpha value is -1.23. The van der Waals surface area contributed by atoms with Gasteiger partial charge in [0.2, 0.25) is 0 Å². The summed E-state index contributed by atoms with van der Waals surface area (Å²) in [4.78, 5) is 3.90. The third-order valence-corrected chi connectivity index (χ3v) is 2.35. The molecule has 0 N–H and O–H groups in total. The second-order valence-corrected chi connectivity index (χ2v) is 3.57. The standard InChI is InChI=1S/C9H6ClF3N2/c1-5-3-14-8-7(10)2-6(4-15(5)8)9(11,12)13/h2-4H,1H3. The first-order valence-corrected chi connectivity index (χ1v) is 4.48. The Kier molecular flexibility index (Phi) is 2.15. The van der Waals surface area contributed by atoms with Crippen molar-refractivity contribution in [1.29, 1.82) is 0 Å². The minimum Gasteiger partial charge on any atom is -0.303 e. The van der Waals surface area contributed by atoms with E-state index in [4.69, 9.17) is 11.6 Å². The van der Waals surface area contributed by atoms with E-state index in [0.717, 1.165) is 12.3 Å². The Bertz CT molecular complexity index is 516. The van der Waals surface area contributed by atoms with Crippen LogP contribution in [-0.2, 0) is 6.18 Å². The Labute approximate surface area is 88.3 Å². The summed E-state index contributed by atoms with van der Waals surface area (Å²) < 4.78 is 38.6. The van der Waals surface area contributed by atoms with Gasteiger partial charge in [-0.1, -0.05) is 11.6 Å². The van der Waals surface area contributed by atoms with Crippen molar-refractivity contribution in [3.05, 3.63) is 34.7 Å². The fourth-order valence-corrected chi connectivity index (χ4v) is 1.58. The molecule has 0 bridgehead atoms. The number of fused-ring (bicyclic) bond motifs is 1. The second kappa shape index (κ2) is 3.13. The molecule has 0 aliphatic heterocycles. The van der Waals surface area contributed by atoms with Gasteiger partial charge in [-0.2, -0.15) is 13.2 Å². The molecule has 0 fully saturated rings. The molecule has 0 amide bonds. The number of rotatable bonds is 0. The maximum atomic E-state index is 12.4. The second-order valence-electron chi connectivity index (χ2n) is 3.17. The zero-order valence-electron chi connectivity index (χ0n) is 7.64. The topological polar surface area (TPSA) is 17.3 Å². The first-order valence-electron chi connectivity index (χ1n) is 4.10. The lowest BCUT2D eigenvalue weighted by Crippen LogP contribution is -2.07. The van der Waals surface area contributed by atoms with Crippen LogP contribution in [0, 0.1) is 6.92 Å².